The molecule has 11 heteroatoms. The van der Waals surface area contributed by atoms with Gasteiger partial charge in [0.25, 0.3) is 0 Å². The van der Waals surface area contributed by atoms with Gasteiger partial charge < -0.3 is 10.2 Å². The first-order valence-corrected chi connectivity index (χ1v) is 1.71. The van der Waals surface area contributed by atoms with Crippen molar-refractivity contribution in [3.05, 3.63) is 0 Å². The average Bonchev–Trinajstić information content (AvgIpc) is 2.14. The molecule has 0 saturated carbocycles. The van der Waals surface area contributed by atoms with Crippen molar-refractivity contribution in [2.24, 2.45) is 0 Å². The molecule has 0 heterocycles. The van der Waals surface area contributed by atoms with Crippen molar-refractivity contribution in [2.45, 2.75) is 0 Å². The zero-order valence-electron chi connectivity index (χ0n) is 5.84. The summed E-state index contributed by atoms with van der Waals surface area (Å²) < 4.78 is 0. The van der Waals surface area contributed by atoms with Crippen LogP contribution in [0.5, 0.6) is 0 Å². The van der Waals surface area contributed by atoms with Gasteiger partial charge in [-0.05, 0) is 0 Å². The molecule has 0 atom stereocenters. The quantitative estimate of drug-likeness (QED) is 0.121. The SMILES string of the molecule is O=C(O)C(=O)O.OO.OO.OO.[Nb]. The van der Waals surface area contributed by atoms with Crippen molar-refractivity contribution < 1.29 is 73.7 Å². The minimum absolute atomic E-state index is 0. The van der Waals surface area contributed by atoms with Crippen molar-refractivity contribution in [3.63, 3.8) is 0 Å². The number of carboxylic acids is 2. The van der Waals surface area contributed by atoms with E-state index in [2.05, 4.69) is 0 Å². The number of hydrogen-bond acceptors (Lipinski definition) is 8. The molecule has 0 spiro atoms. The van der Waals surface area contributed by atoms with Crippen LogP contribution in [0.1, 0.15) is 0 Å². The maximum Gasteiger partial charge on any atom is 0.414 e. The van der Waals surface area contributed by atoms with Gasteiger partial charge in [-0.2, -0.15) is 0 Å². The molecule has 0 saturated heterocycles. The molecule has 0 aromatic rings. The molecular formula is C2H8NbO10. The summed E-state index contributed by atoms with van der Waals surface area (Å²) in [4.78, 5) is 18.2. The molecule has 0 bridgehead atoms. The van der Waals surface area contributed by atoms with Gasteiger partial charge in [0.1, 0.15) is 0 Å². The summed E-state index contributed by atoms with van der Waals surface area (Å²) in [6, 6.07) is 0. The van der Waals surface area contributed by atoms with E-state index in [-0.39, 0.29) is 22.4 Å². The Hall–Kier alpha value is -0.560. The van der Waals surface area contributed by atoms with Crippen molar-refractivity contribution in [1.82, 2.24) is 0 Å². The number of carboxylic acid groups (broad SMARTS) is 2. The van der Waals surface area contributed by atoms with Gasteiger partial charge in [0.2, 0.25) is 0 Å². The molecule has 8 N–H and O–H groups in total. The second kappa shape index (κ2) is 42.1. The first-order chi connectivity index (χ1) is 5.64. The Labute approximate surface area is 86.2 Å². The molecule has 10 nitrogen and oxygen atoms in total. The number of carbonyl (C=O) groups is 2. The first-order valence-electron chi connectivity index (χ1n) is 1.71. The molecule has 0 unspecified atom stereocenters. The molecule has 0 aromatic heterocycles. The van der Waals surface area contributed by atoms with E-state index < -0.39 is 11.9 Å². The topological polar surface area (TPSA) is 196 Å². The van der Waals surface area contributed by atoms with Gasteiger partial charge in [0.15, 0.2) is 0 Å². The third-order valence-electron chi connectivity index (χ3n) is 0.183. The van der Waals surface area contributed by atoms with Gasteiger partial charge >= 0.3 is 11.9 Å². The standard InChI is InChI=1S/C2H2O4.Nb.3H2O2/c3-1(4)2(5)6;;3*1-2/h(H,3,4)(H,5,6);;3*1-2H. The smallest absolute Gasteiger partial charge is 0.414 e. The average molecular weight is 285 g/mol. The largest absolute Gasteiger partial charge is 0.473 e. The van der Waals surface area contributed by atoms with Crippen LogP contribution in [0.15, 0.2) is 0 Å². The Kier molecular flexibility index (Phi) is 95.3. The fourth-order valence-electron chi connectivity index (χ4n) is 0. The van der Waals surface area contributed by atoms with E-state index in [0.29, 0.717) is 0 Å². The van der Waals surface area contributed by atoms with Crippen LogP contribution in [0, 0.1) is 0 Å². The van der Waals surface area contributed by atoms with Gasteiger partial charge in [0.05, 0.1) is 0 Å². The maximum atomic E-state index is 9.10. The molecule has 0 aliphatic carbocycles. The van der Waals surface area contributed by atoms with Gasteiger partial charge in [0, 0.05) is 22.4 Å². The summed E-state index contributed by atoms with van der Waals surface area (Å²) in [6.07, 6.45) is 0. The van der Waals surface area contributed by atoms with Gasteiger partial charge in [-0.3, -0.25) is 31.5 Å². The minimum Gasteiger partial charge on any atom is -0.473 e. The van der Waals surface area contributed by atoms with E-state index in [9.17, 15) is 0 Å². The molecule has 0 aliphatic heterocycles. The predicted molar refractivity (Wildman–Crippen MR) is 31.0 cm³/mol. The third-order valence-corrected chi connectivity index (χ3v) is 0.183. The molecule has 0 fully saturated rings. The zero-order valence-corrected chi connectivity index (χ0v) is 8.04. The first kappa shape index (κ1) is 29.4. The van der Waals surface area contributed by atoms with E-state index in [4.69, 9.17) is 51.3 Å². The van der Waals surface area contributed by atoms with Gasteiger partial charge in [-0.15, -0.1) is 0 Å². The van der Waals surface area contributed by atoms with E-state index in [1.807, 2.05) is 0 Å². The Morgan fingerprint density at radius 2 is 0.692 bits per heavy atom. The maximum absolute atomic E-state index is 9.10. The van der Waals surface area contributed by atoms with Crippen LogP contribution in [0.25, 0.3) is 0 Å². The van der Waals surface area contributed by atoms with Crippen LogP contribution in [-0.4, -0.2) is 53.7 Å². The Morgan fingerprint density at radius 1 is 0.615 bits per heavy atom. The Balaban J connectivity index is -0.0000000263. The zero-order chi connectivity index (χ0) is 11.2. The van der Waals surface area contributed by atoms with E-state index >= 15 is 0 Å². The molecule has 0 amide bonds. The van der Waals surface area contributed by atoms with Crippen LogP contribution in [-0.2, 0) is 32.0 Å². The molecule has 1 radical (unpaired) electrons. The van der Waals surface area contributed by atoms with Crippen molar-refractivity contribution in [2.75, 3.05) is 0 Å². The van der Waals surface area contributed by atoms with Crippen molar-refractivity contribution in [1.29, 1.82) is 0 Å². The van der Waals surface area contributed by atoms with Crippen molar-refractivity contribution >= 4 is 11.9 Å². The minimum atomic E-state index is -1.82. The summed E-state index contributed by atoms with van der Waals surface area (Å²) in [6.45, 7) is 0. The van der Waals surface area contributed by atoms with Crippen LogP contribution in [0.3, 0.4) is 0 Å². The molecule has 13 heavy (non-hydrogen) atoms. The fraction of sp³-hybridized carbons (Fsp3) is 0. The molecule has 0 aromatic carbocycles. The molecule has 0 aliphatic rings. The second-order valence-electron chi connectivity index (χ2n) is 0.610. The third kappa shape index (κ3) is 86.1. The summed E-state index contributed by atoms with van der Waals surface area (Å²) in [5, 5.41) is 50.8. The van der Waals surface area contributed by atoms with Crippen LogP contribution >= 0.6 is 0 Å². The summed E-state index contributed by atoms with van der Waals surface area (Å²) in [7, 11) is 0. The van der Waals surface area contributed by atoms with E-state index in [1.165, 1.54) is 0 Å². The fourth-order valence-corrected chi connectivity index (χ4v) is 0. The monoisotopic (exact) mass is 285 g/mol. The molecule has 0 rings (SSSR count). The molecular weight excluding hydrogens is 277 g/mol. The van der Waals surface area contributed by atoms with E-state index in [1.54, 1.807) is 0 Å². The number of aliphatic carboxylic acids is 2. The van der Waals surface area contributed by atoms with Crippen LogP contribution in [0.2, 0.25) is 0 Å². The summed E-state index contributed by atoms with van der Waals surface area (Å²) >= 11 is 0. The van der Waals surface area contributed by atoms with Gasteiger partial charge in [-0.1, -0.05) is 0 Å². The predicted octanol–water partition coefficient (Wildman–Crippen LogP) is -0.795. The number of rotatable bonds is 0. The summed E-state index contributed by atoms with van der Waals surface area (Å²) in [5.74, 6) is -3.65. The van der Waals surface area contributed by atoms with E-state index in [0.717, 1.165) is 0 Å². The Morgan fingerprint density at radius 3 is 0.692 bits per heavy atom. The Bertz CT molecular complexity index is 78.9. The normalized spacial score (nSPS) is 4.77. The van der Waals surface area contributed by atoms with Crippen LogP contribution in [0.4, 0.5) is 0 Å². The van der Waals surface area contributed by atoms with Gasteiger partial charge in [-0.25, -0.2) is 9.59 Å². The summed E-state index contributed by atoms with van der Waals surface area (Å²) in [5.41, 5.74) is 0. The number of hydrogen-bond donors (Lipinski definition) is 8. The van der Waals surface area contributed by atoms with Crippen molar-refractivity contribution in [3.8, 4) is 0 Å². The second-order valence-corrected chi connectivity index (χ2v) is 0.610. The van der Waals surface area contributed by atoms with Crippen LogP contribution < -0.4 is 0 Å². The molecule has 81 valence electrons.